The zero-order valence-corrected chi connectivity index (χ0v) is 9.05. The highest BCUT2D eigenvalue weighted by Crippen LogP contribution is 2.22. The normalized spacial score (nSPS) is 11.4. The van der Waals surface area contributed by atoms with Gasteiger partial charge in [-0.25, -0.2) is 0 Å². The van der Waals surface area contributed by atoms with Crippen LogP contribution in [0.1, 0.15) is 39.8 Å². The topological polar surface area (TPSA) is 55.1 Å². The van der Waals surface area contributed by atoms with Crippen molar-refractivity contribution < 1.29 is 9.21 Å². The molecule has 0 bridgehead atoms. The fraction of sp³-hybridized carbons (Fsp3) is 0.600. The summed E-state index contributed by atoms with van der Waals surface area (Å²) in [6.07, 6.45) is 2.00. The predicted octanol–water partition coefficient (Wildman–Crippen LogP) is 2.32. The summed E-state index contributed by atoms with van der Waals surface area (Å²) < 4.78 is 5.12. The highest BCUT2D eigenvalue weighted by Gasteiger charge is 2.18. The van der Waals surface area contributed by atoms with E-state index in [4.69, 9.17) is 4.42 Å². The third-order valence-corrected chi connectivity index (χ3v) is 1.84. The number of aromatic nitrogens is 1. The number of carbonyl (C=O) groups excluding carboxylic acids is 1. The maximum absolute atomic E-state index is 11.0. The molecule has 4 nitrogen and oxygen atoms in total. The van der Waals surface area contributed by atoms with Gasteiger partial charge in [0.25, 0.3) is 0 Å². The molecular weight excluding hydrogens is 180 g/mol. The Morgan fingerprint density at radius 3 is 2.64 bits per heavy atom. The van der Waals surface area contributed by atoms with Crippen LogP contribution in [0.3, 0.4) is 0 Å². The molecule has 0 atom stereocenters. The smallest absolute Gasteiger partial charge is 0.301 e. The SMILES string of the molecule is CCC(=O)Nc1nc(C(C)(C)C)co1. The minimum absolute atomic E-state index is 0.0569. The third-order valence-electron chi connectivity index (χ3n) is 1.84. The lowest BCUT2D eigenvalue weighted by atomic mass is 9.93. The maximum Gasteiger partial charge on any atom is 0.301 e. The second-order valence-corrected chi connectivity index (χ2v) is 4.19. The summed E-state index contributed by atoms with van der Waals surface area (Å²) in [6.45, 7) is 7.89. The molecule has 0 radical (unpaired) electrons. The van der Waals surface area contributed by atoms with Gasteiger partial charge in [-0.2, -0.15) is 4.98 Å². The average Bonchev–Trinajstić information content (AvgIpc) is 2.51. The number of rotatable bonds is 2. The molecule has 0 unspecified atom stereocenters. The Hall–Kier alpha value is -1.32. The molecule has 4 heteroatoms. The van der Waals surface area contributed by atoms with Crippen molar-refractivity contribution in [2.24, 2.45) is 0 Å². The van der Waals surface area contributed by atoms with Crippen molar-refractivity contribution in [2.45, 2.75) is 39.5 Å². The Kier molecular flexibility index (Phi) is 2.93. The molecule has 0 aliphatic carbocycles. The first kappa shape index (κ1) is 10.8. The van der Waals surface area contributed by atoms with Crippen LogP contribution in [0.15, 0.2) is 10.7 Å². The monoisotopic (exact) mass is 196 g/mol. The summed E-state index contributed by atoms with van der Waals surface area (Å²) >= 11 is 0. The van der Waals surface area contributed by atoms with E-state index in [0.717, 1.165) is 5.69 Å². The van der Waals surface area contributed by atoms with Crippen LogP contribution in [0.4, 0.5) is 6.01 Å². The number of hydrogen-bond donors (Lipinski definition) is 1. The number of oxazole rings is 1. The lowest BCUT2D eigenvalue weighted by Gasteiger charge is -2.12. The first-order valence-electron chi connectivity index (χ1n) is 4.69. The molecule has 1 aromatic rings. The Bertz CT molecular complexity index is 323. The Morgan fingerprint density at radius 2 is 2.21 bits per heavy atom. The fourth-order valence-corrected chi connectivity index (χ4v) is 0.883. The van der Waals surface area contributed by atoms with Crippen molar-refractivity contribution in [1.82, 2.24) is 4.98 Å². The standard InChI is InChI=1S/C10H16N2O2/c1-5-8(13)12-9-11-7(6-14-9)10(2,3)4/h6H,5H2,1-4H3,(H,11,12,13). The van der Waals surface area contributed by atoms with Gasteiger partial charge >= 0.3 is 6.01 Å². The third kappa shape index (κ3) is 2.58. The van der Waals surface area contributed by atoms with Crippen molar-refractivity contribution in [3.63, 3.8) is 0 Å². The molecule has 0 aromatic carbocycles. The van der Waals surface area contributed by atoms with Crippen LogP contribution in [-0.4, -0.2) is 10.9 Å². The van der Waals surface area contributed by atoms with E-state index in [9.17, 15) is 4.79 Å². The van der Waals surface area contributed by atoms with E-state index in [0.29, 0.717) is 6.42 Å². The second kappa shape index (κ2) is 3.82. The van der Waals surface area contributed by atoms with Gasteiger partial charge in [0.15, 0.2) is 0 Å². The van der Waals surface area contributed by atoms with Crippen LogP contribution in [-0.2, 0) is 10.2 Å². The molecule has 0 saturated carbocycles. The Labute approximate surface area is 83.7 Å². The molecule has 1 N–H and O–H groups in total. The summed E-state index contributed by atoms with van der Waals surface area (Å²) in [7, 11) is 0. The van der Waals surface area contributed by atoms with Crippen LogP contribution in [0, 0.1) is 0 Å². The van der Waals surface area contributed by atoms with E-state index >= 15 is 0 Å². The summed E-state index contributed by atoms with van der Waals surface area (Å²) in [5.74, 6) is -0.0905. The molecular formula is C10H16N2O2. The highest BCUT2D eigenvalue weighted by molar-refractivity contribution is 5.88. The Balaban J connectivity index is 2.74. The van der Waals surface area contributed by atoms with Crippen LogP contribution in [0.2, 0.25) is 0 Å². The highest BCUT2D eigenvalue weighted by atomic mass is 16.4. The molecule has 0 saturated heterocycles. The molecule has 14 heavy (non-hydrogen) atoms. The lowest BCUT2D eigenvalue weighted by molar-refractivity contribution is -0.116. The first-order valence-corrected chi connectivity index (χ1v) is 4.69. The van der Waals surface area contributed by atoms with Crippen LogP contribution in [0.5, 0.6) is 0 Å². The van der Waals surface area contributed by atoms with Crippen LogP contribution < -0.4 is 5.32 Å². The minimum atomic E-state index is -0.0905. The van der Waals surface area contributed by atoms with Gasteiger partial charge in [0.1, 0.15) is 6.26 Å². The van der Waals surface area contributed by atoms with Gasteiger partial charge in [0.05, 0.1) is 5.69 Å². The number of nitrogens with one attached hydrogen (secondary N) is 1. The number of hydrogen-bond acceptors (Lipinski definition) is 3. The van der Waals surface area contributed by atoms with Gasteiger partial charge in [-0.1, -0.05) is 27.7 Å². The molecule has 1 aromatic heterocycles. The summed E-state index contributed by atoms with van der Waals surface area (Å²) in [4.78, 5) is 15.2. The molecule has 1 rings (SSSR count). The molecule has 0 aliphatic rings. The molecule has 0 fully saturated rings. The molecule has 78 valence electrons. The zero-order valence-electron chi connectivity index (χ0n) is 9.05. The maximum atomic E-state index is 11.0. The molecule has 1 heterocycles. The fourth-order valence-electron chi connectivity index (χ4n) is 0.883. The van der Waals surface area contributed by atoms with Crippen molar-refractivity contribution in [2.75, 3.05) is 5.32 Å². The van der Waals surface area contributed by atoms with Gasteiger partial charge in [-0.3, -0.25) is 10.1 Å². The zero-order chi connectivity index (χ0) is 10.8. The van der Waals surface area contributed by atoms with Crippen molar-refractivity contribution >= 4 is 11.9 Å². The van der Waals surface area contributed by atoms with Crippen molar-refractivity contribution in [1.29, 1.82) is 0 Å². The van der Waals surface area contributed by atoms with E-state index in [1.54, 1.807) is 13.2 Å². The van der Waals surface area contributed by atoms with Gasteiger partial charge in [0.2, 0.25) is 5.91 Å². The van der Waals surface area contributed by atoms with Crippen LogP contribution >= 0.6 is 0 Å². The molecule has 1 amide bonds. The molecule has 0 aliphatic heterocycles. The number of carbonyl (C=O) groups is 1. The Morgan fingerprint density at radius 1 is 1.57 bits per heavy atom. The van der Waals surface area contributed by atoms with E-state index in [1.807, 2.05) is 20.8 Å². The van der Waals surface area contributed by atoms with Crippen LogP contribution in [0.25, 0.3) is 0 Å². The number of anilines is 1. The van der Waals surface area contributed by atoms with Gasteiger partial charge in [-0.05, 0) is 0 Å². The van der Waals surface area contributed by atoms with Gasteiger partial charge in [-0.15, -0.1) is 0 Å². The second-order valence-electron chi connectivity index (χ2n) is 4.19. The largest absolute Gasteiger partial charge is 0.432 e. The number of amides is 1. The predicted molar refractivity (Wildman–Crippen MR) is 54.1 cm³/mol. The van der Waals surface area contributed by atoms with Gasteiger partial charge < -0.3 is 4.42 Å². The first-order chi connectivity index (χ1) is 6.43. The summed E-state index contributed by atoms with van der Waals surface area (Å²) in [5.41, 5.74) is 0.780. The minimum Gasteiger partial charge on any atom is -0.432 e. The van der Waals surface area contributed by atoms with E-state index < -0.39 is 0 Å². The average molecular weight is 196 g/mol. The van der Waals surface area contributed by atoms with E-state index in [2.05, 4.69) is 10.3 Å². The van der Waals surface area contributed by atoms with E-state index in [-0.39, 0.29) is 17.3 Å². The van der Waals surface area contributed by atoms with E-state index in [1.165, 1.54) is 0 Å². The van der Waals surface area contributed by atoms with Crippen molar-refractivity contribution in [3.8, 4) is 0 Å². The molecule has 0 spiro atoms. The summed E-state index contributed by atoms with van der Waals surface area (Å²) in [6, 6.07) is 0.279. The summed E-state index contributed by atoms with van der Waals surface area (Å²) in [5, 5.41) is 2.57. The van der Waals surface area contributed by atoms with Crippen molar-refractivity contribution in [3.05, 3.63) is 12.0 Å². The van der Waals surface area contributed by atoms with Gasteiger partial charge in [0, 0.05) is 11.8 Å². The quantitative estimate of drug-likeness (QED) is 0.789. The lowest BCUT2D eigenvalue weighted by Crippen LogP contribution is -2.13. The number of nitrogens with zero attached hydrogens (tertiary/aromatic N) is 1.